The van der Waals surface area contributed by atoms with Gasteiger partial charge < -0.3 is 0 Å². The first-order valence-electron chi connectivity index (χ1n) is 4.26. The molecule has 0 bridgehead atoms. The van der Waals surface area contributed by atoms with E-state index in [0.29, 0.717) is 24.8 Å². The Morgan fingerprint density at radius 2 is 2.46 bits per heavy atom. The number of thiol groups is 1. The van der Waals surface area contributed by atoms with Gasteiger partial charge in [0, 0.05) is 18.1 Å². The molecule has 0 aliphatic heterocycles. The Morgan fingerprint density at radius 1 is 1.77 bits per heavy atom. The van der Waals surface area contributed by atoms with Crippen molar-refractivity contribution < 1.29 is 4.39 Å². The molecule has 13 heavy (non-hydrogen) atoms. The van der Waals surface area contributed by atoms with Crippen LogP contribution in [0.5, 0.6) is 0 Å². The second-order valence-corrected chi connectivity index (χ2v) is 3.81. The van der Waals surface area contributed by atoms with Crippen LogP contribution in [0.3, 0.4) is 0 Å². The molecule has 0 aromatic rings. The van der Waals surface area contributed by atoms with Gasteiger partial charge in [0.25, 0.3) is 0 Å². The predicted molar refractivity (Wildman–Crippen MR) is 54.1 cm³/mol. The highest BCUT2D eigenvalue weighted by molar-refractivity contribution is 7.81. The maximum absolute atomic E-state index is 13.0. The molecule has 1 rings (SSSR count). The summed E-state index contributed by atoms with van der Waals surface area (Å²) < 4.78 is 13.0. The third-order valence-corrected chi connectivity index (χ3v) is 2.67. The molecule has 70 valence electrons. The van der Waals surface area contributed by atoms with Gasteiger partial charge in [0.15, 0.2) is 0 Å². The normalized spacial score (nSPS) is 22.6. The molecule has 1 unspecified atom stereocenters. The SMILES string of the molecule is CC1=C(F)CC(S)C(CCC#N)=C1. The smallest absolute Gasteiger partial charge is 0.104 e. The van der Waals surface area contributed by atoms with Gasteiger partial charge in [0.2, 0.25) is 0 Å². The van der Waals surface area contributed by atoms with Gasteiger partial charge in [-0.2, -0.15) is 17.9 Å². The zero-order valence-electron chi connectivity index (χ0n) is 7.55. The van der Waals surface area contributed by atoms with Gasteiger partial charge in [-0.1, -0.05) is 11.6 Å². The lowest BCUT2D eigenvalue weighted by Crippen LogP contribution is -2.09. The summed E-state index contributed by atoms with van der Waals surface area (Å²) >= 11 is 4.28. The summed E-state index contributed by atoms with van der Waals surface area (Å²) in [4.78, 5) is 0. The van der Waals surface area contributed by atoms with Crippen LogP contribution in [0.15, 0.2) is 23.0 Å². The second kappa shape index (κ2) is 4.48. The monoisotopic (exact) mass is 197 g/mol. The van der Waals surface area contributed by atoms with Crippen LogP contribution in [0.1, 0.15) is 26.2 Å². The summed E-state index contributed by atoms with van der Waals surface area (Å²) in [6.45, 7) is 1.75. The lowest BCUT2D eigenvalue weighted by molar-refractivity contribution is 0.573. The van der Waals surface area contributed by atoms with Crippen LogP contribution in [0, 0.1) is 11.3 Å². The van der Waals surface area contributed by atoms with E-state index < -0.39 is 0 Å². The standard InChI is InChI=1S/C10H12FNS/c1-7-5-8(3-2-4-12)10(13)6-9(7)11/h5,10,13H,2-3,6H2,1H3. The van der Waals surface area contributed by atoms with Crippen LogP contribution in [0.25, 0.3) is 0 Å². The van der Waals surface area contributed by atoms with E-state index in [1.165, 1.54) is 0 Å². The molecule has 0 aromatic carbocycles. The van der Waals surface area contributed by atoms with Crippen molar-refractivity contribution in [3.05, 3.63) is 23.0 Å². The number of allylic oxidation sites excluding steroid dienone is 3. The Balaban J connectivity index is 2.73. The lowest BCUT2D eigenvalue weighted by Gasteiger charge is -2.19. The van der Waals surface area contributed by atoms with Crippen molar-refractivity contribution in [3.8, 4) is 6.07 Å². The number of halogens is 1. The van der Waals surface area contributed by atoms with E-state index in [9.17, 15) is 4.39 Å². The molecule has 3 heteroatoms. The van der Waals surface area contributed by atoms with Gasteiger partial charge >= 0.3 is 0 Å². The van der Waals surface area contributed by atoms with E-state index in [-0.39, 0.29) is 11.1 Å². The number of rotatable bonds is 2. The number of hydrogen-bond donors (Lipinski definition) is 1. The summed E-state index contributed by atoms with van der Waals surface area (Å²) in [7, 11) is 0. The minimum Gasteiger partial charge on any atom is -0.211 e. The molecule has 1 atom stereocenters. The predicted octanol–water partition coefficient (Wildman–Crippen LogP) is 3.16. The molecule has 1 aliphatic carbocycles. The lowest BCUT2D eigenvalue weighted by atomic mass is 9.95. The fraction of sp³-hybridized carbons (Fsp3) is 0.500. The first kappa shape index (κ1) is 10.3. The highest BCUT2D eigenvalue weighted by atomic mass is 32.1. The molecule has 0 amide bonds. The van der Waals surface area contributed by atoms with Crippen LogP contribution >= 0.6 is 12.6 Å². The van der Waals surface area contributed by atoms with E-state index in [0.717, 1.165) is 5.57 Å². The fourth-order valence-electron chi connectivity index (χ4n) is 1.35. The molecular formula is C10H12FNS. The van der Waals surface area contributed by atoms with Crippen molar-refractivity contribution in [2.75, 3.05) is 0 Å². The average Bonchev–Trinajstić information content (AvgIpc) is 2.09. The molecule has 0 saturated carbocycles. The zero-order chi connectivity index (χ0) is 9.84. The van der Waals surface area contributed by atoms with Crippen LogP contribution in [0.2, 0.25) is 0 Å². The Kier molecular flexibility index (Phi) is 3.56. The first-order chi connectivity index (χ1) is 6.15. The Bertz CT molecular complexity index is 299. The van der Waals surface area contributed by atoms with Crippen molar-refractivity contribution in [2.45, 2.75) is 31.4 Å². The average molecular weight is 197 g/mol. The van der Waals surface area contributed by atoms with E-state index in [1.54, 1.807) is 6.92 Å². The second-order valence-electron chi connectivity index (χ2n) is 3.19. The van der Waals surface area contributed by atoms with Crippen molar-refractivity contribution in [1.82, 2.24) is 0 Å². The van der Waals surface area contributed by atoms with E-state index in [2.05, 4.69) is 18.7 Å². The van der Waals surface area contributed by atoms with Crippen molar-refractivity contribution in [2.24, 2.45) is 0 Å². The maximum atomic E-state index is 13.0. The van der Waals surface area contributed by atoms with Crippen molar-refractivity contribution >= 4 is 12.6 Å². The number of nitrogens with zero attached hydrogens (tertiary/aromatic N) is 1. The topological polar surface area (TPSA) is 23.8 Å². The molecule has 1 nitrogen and oxygen atoms in total. The highest BCUT2D eigenvalue weighted by Gasteiger charge is 2.18. The third kappa shape index (κ3) is 2.60. The quantitative estimate of drug-likeness (QED) is 0.675. The summed E-state index contributed by atoms with van der Waals surface area (Å²) in [5.41, 5.74) is 1.75. The van der Waals surface area contributed by atoms with Crippen molar-refractivity contribution in [1.29, 1.82) is 5.26 Å². The summed E-state index contributed by atoms with van der Waals surface area (Å²) in [6, 6.07) is 2.08. The molecular weight excluding hydrogens is 185 g/mol. The third-order valence-electron chi connectivity index (χ3n) is 2.16. The van der Waals surface area contributed by atoms with Gasteiger partial charge in [-0.05, 0) is 18.9 Å². The molecule has 0 radical (unpaired) electrons. The Labute approximate surface area is 83.4 Å². The maximum Gasteiger partial charge on any atom is 0.104 e. The number of hydrogen-bond acceptors (Lipinski definition) is 2. The zero-order valence-corrected chi connectivity index (χ0v) is 8.44. The van der Waals surface area contributed by atoms with Crippen molar-refractivity contribution in [3.63, 3.8) is 0 Å². The minimum absolute atomic E-state index is 0.0444. The van der Waals surface area contributed by atoms with E-state index in [4.69, 9.17) is 5.26 Å². The number of nitriles is 1. The minimum atomic E-state index is -0.0827. The van der Waals surface area contributed by atoms with E-state index in [1.807, 2.05) is 6.08 Å². The Morgan fingerprint density at radius 3 is 3.08 bits per heavy atom. The molecule has 0 saturated heterocycles. The highest BCUT2D eigenvalue weighted by Crippen LogP contribution is 2.30. The Hall–Kier alpha value is -0.750. The van der Waals surface area contributed by atoms with Crippen LogP contribution in [0.4, 0.5) is 4.39 Å². The molecule has 1 aliphatic rings. The molecule has 0 aromatic heterocycles. The molecule has 0 fully saturated rings. The fourth-order valence-corrected chi connectivity index (χ4v) is 1.72. The summed E-state index contributed by atoms with van der Waals surface area (Å²) in [5.74, 6) is -0.0827. The van der Waals surface area contributed by atoms with Crippen LogP contribution < -0.4 is 0 Å². The van der Waals surface area contributed by atoms with Gasteiger partial charge in [-0.3, -0.25) is 0 Å². The first-order valence-corrected chi connectivity index (χ1v) is 4.77. The van der Waals surface area contributed by atoms with Gasteiger partial charge in [0.1, 0.15) is 5.83 Å². The van der Waals surface area contributed by atoms with Gasteiger partial charge in [-0.15, -0.1) is 0 Å². The van der Waals surface area contributed by atoms with Crippen LogP contribution in [-0.4, -0.2) is 5.25 Å². The van der Waals surface area contributed by atoms with Gasteiger partial charge in [-0.25, -0.2) is 4.39 Å². The van der Waals surface area contributed by atoms with Gasteiger partial charge in [0.05, 0.1) is 6.07 Å². The molecule has 0 N–H and O–H groups in total. The van der Waals surface area contributed by atoms with E-state index >= 15 is 0 Å². The molecule has 0 spiro atoms. The van der Waals surface area contributed by atoms with Crippen LogP contribution in [-0.2, 0) is 0 Å². The summed E-state index contributed by atoms with van der Waals surface area (Å²) in [6.07, 6.45) is 3.37. The largest absolute Gasteiger partial charge is 0.211 e. The molecule has 0 heterocycles. The summed E-state index contributed by atoms with van der Waals surface area (Å²) in [5, 5.41) is 8.37.